The second-order valence-electron chi connectivity index (χ2n) is 6.36. The predicted molar refractivity (Wildman–Crippen MR) is 84.4 cm³/mol. The average molecular weight is 391 g/mol. The second kappa shape index (κ2) is 4.35. The molecule has 3 aliphatic carbocycles. The first-order valence-corrected chi connectivity index (χ1v) is 7.83. The van der Waals surface area contributed by atoms with Crippen LogP contribution in [0.25, 0.3) is 0 Å². The van der Waals surface area contributed by atoms with Gasteiger partial charge >= 0.3 is 0 Å². The largest absolute Gasteiger partial charge is 0.426 e. The maximum absolute atomic E-state index is 12.8. The third kappa shape index (κ3) is 1.92. The van der Waals surface area contributed by atoms with Crippen LogP contribution < -0.4 is 3.07 Å². The molecule has 0 aromatic heterocycles. The Morgan fingerprint density at radius 1 is 1.16 bits per heavy atom. The van der Waals surface area contributed by atoms with E-state index in [9.17, 15) is 4.79 Å². The third-order valence-corrected chi connectivity index (χ3v) is 5.83. The third-order valence-electron chi connectivity index (χ3n) is 5.06. The van der Waals surface area contributed by atoms with Crippen molar-refractivity contribution < 1.29 is 7.86 Å². The lowest BCUT2D eigenvalue weighted by atomic mass is 9.65. The van der Waals surface area contributed by atoms with Gasteiger partial charge in [0, 0.05) is 11.0 Å². The molecule has 0 atom stereocenters. The highest BCUT2D eigenvalue weighted by Crippen LogP contribution is 2.54. The van der Waals surface area contributed by atoms with Gasteiger partial charge in [0.05, 0.1) is 5.02 Å². The summed E-state index contributed by atoms with van der Waals surface area (Å²) in [7, 11) is 0. The van der Waals surface area contributed by atoms with Crippen LogP contribution in [0.4, 0.5) is 0 Å². The van der Waals surface area contributed by atoms with Gasteiger partial charge in [-0.1, -0.05) is 25.4 Å². The van der Waals surface area contributed by atoms with Crippen LogP contribution in [0.1, 0.15) is 55.5 Å². The summed E-state index contributed by atoms with van der Waals surface area (Å²) in [6, 6.07) is 3.78. The van der Waals surface area contributed by atoms with E-state index in [-0.39, 0.29) is 16.6 Å². The highest BCUT2D eigenvalue weighted by atomic mass is 127. The van der Waals surface area contributed by atoms with Gasteiger partial charge in [-0.2, -0.15) is 0 Å². The number of ketones is 1. The summed E-state index contributed by atoms with van der Waals surface area (Å²) in [6.45, 7) is 4.36. The molecule has 19 heavy (non-hydrogen) atoms. The molecule has 1 saturated carbocycles. The number of carbonyl (C=O) groups excluding carboxylic acids is 1. The van der Waals surface area contributed by atoms with E-state index in [1.807, 2.05) is 35.1 Å². The Hall–Kier alpha value is -0.290. The molecule has 0 saturated heterocycles. The fraction of sp³-hybridized carbons (Fsp3) is 0.533. The molecule has 0 spiro atoms. The van der Waals surface area contributed by atoms with E-state index < -0.39 is 0 Å². The summed E-state index contributed by atoms with van der Waals surface area (Å²) >= 11 is 8.06. The van der Waals surface area contributed by atoms with Crippen LogP contribution in [-0.2, 0) is 5.41 Å². The van der Waals surface area contributed by atoms with Crippen LogP contribution in [0.2, 0.25) is 5.02 Å². The topological polar surface area (TPSA) is 26.3 Å². The number of halogens is 2. The standard InChI is InChI=1S/C15H16ClIO2/c1-14-3-5-15(2,6-4-14)13(18)9-7-12(19-17)11(16)8-10(9)14/h7-8H,3-6H2,1-2H3. The quantitative estimate of drug-likeness (QED) is 0.623. The lowest BCUT2D eigenvalue weighted by Gasteiger charge is -2.38. The lowest BCUT2D eigenvalue weighted by Crippen LogP contribution is -2.33. The molecule has 1 aromatic carbocycles. The SMILES string of the molecule is CC12CCC(C)(CC1)c1cc(Cl)c(OI)cc1C2=O. The molecule has 4 rings (SSSR count). The van der Waals surface area contributed by atoms with Gasteiger partial charge in [-0.15, -0.1) is 0 Å². The van der Waals surface area contributed by atoms with Crippen LogP contribution in [0.3, 0.4) is 0 Å². The zero-order valence-electron chi connectivity index (χ0n) is 11.1. The van der Waals surface area contributed by atoms with Crippen molar-refractivity contribution in [2.45, 2.75) is 44.9 Å². The zero-order chi connectivity index (χ0) is 13.8. The van der Waals surface area contributed by atoms with Gasteiger partial charge in [0.25, 0.3) is 0 Å². The molecule has 4 heteroatoms. The number of fused-ring (bicyclic) bond motifs is 2. The molecule has 1 aromatic rings. The molecule has 0 amide bonds. The van der Waals surface area contributed by atoms with Gasteiger partial charge in [-0.3, -0.25) is 4.79 Å². The minimum absolute atomic E-state index is 0.0778. The van der Waals surface area contributed by atoms with Crippen molar-refractivity contribution >= 4 is 40.4 Å². The number of hydrogen-bond donors (Lipinski definition) is 0. The molecule has 2 bridgehead atoms. The molecule has 0 heterocycles. The Kier molecular flexibility index (Phi) is 3.13. The summed E-state index contributed by atoms with van der Waals surface area (Å²) in [5, 5.41) is 0.595. The van der Waals surface area contributed by atoms with Gasteiger partial charge in [-0.05, 0) is 48.8 Å². The van der Waals surface area contributed by atoms with E-state index in [1.54, 1.807) is 0 Å². The Morgan fingerprint density at radius 2 is 1.74 bits per heavy atom. The fourth-order valence-electron chi connectivity index (χ4n) is 3.47. The Bertz CT molecular complexity index is 560. The normalized spacial score (nSPS) is 32.9. The smallest absolute Gasteiger partial charge is 0.192 e. The summed E-state index contributed by atoms with van der Waals surface area (Å²) < 4.78 is 5.24. The first kappa shape index (κ1) is 13.7. The minimum Gasteiger partial charge on any atom is -0.426 e. The van der Waals surface area contributed by atoms with E-state index in [2.05, 4.69) is 13.8 Å². The van der Waals surface area contributed by atoms with Gasteiger partial charge < -0.3 is 3.07 Å². The van der Waals surface area contributed by atoms with Gasteiger partial charge in [-0.25, -0.2) is 0 Å². The van der Waals surface area contributed by atoms with Gasteiger partial charge in [0.2, 0.25) is 0 Å². The van der Waals surface area contributed by atoms with E-state index in [0.717, 1.165) is 36.8 Å². The van der Waals surface area contributed by atoms with Crippen molar-refractivity contribution in [2.24, 2.45) is 5.41 Å². The molecule has 0 unspecified atom stereocenters. The average Bonchev–Trinajstić information content (AvgIpc) is 2.52. The van der Waals surface area contributed by atoms with Gasteiger partial charge in [0.1, 0.15) is 0 Å². The summed E-state index contributed by atoms with van der Waals surface area (Å²) in [5.41, 5.74) is 1.80. The predicted octanol–water partition coefficient (Wildman–Crippen LogP) is 5.10. The Balaban J connectivity index is 2.28. The second-order valence-corrected chi connectivity index (χ2v) is 7.20. The molecule has 3 aliphatic rings. The molecule has 2 nitrogen and oxygen atoms in total. The number of benzene rings is 1. The highest BCUT2D eigenvalue weighted by Gasteiger charge is 2.48. The van der Waals surface area contributed by atoms with Crippen molar-refractivity contribution in [3.05, 3.63) is 28.3 Å². The molecular weight excluding hydrogens is 375 g/mol. The molecule has 1 fully saturated rings. The number of carbonyl (C=O) groups is 1. The van der Waals surface area contributed by atoms with E-state index >= 15 is 0 Å². The summed E-state index contributed by atoms with van der Waals surface area (Å²) in [5.74, 6) is 0.845. The zero-order valence-corrected chi connectivity index (χ0v) is 14.0. The lowest BCUT2D eigenvalue weighted by molar-refractivity contribution is 0.0732. The van der Waals surface area contributed by atoms with Crippen molar-refractivity contribution in [1.82, 2.24) is 0 Å². The molecule has 0 radical (unpaired) electrons. The Labute approximate surface area is 132 Å². The van der Waals surface area contributed by atoms with Crippen molar-refractivity contribution in [3.63, 3.8) is 0 Å². The monoisotopic (exact) mass is 390 g/mol. The van der Waals surface area contributed by atoms with Crippen LogP contribution >= 0.6 is 34.6 Å². The molecule has 102 valence electrons. The molecule has 0 aliphatic heterocycles. The van der Waals surface area contributed by atoms with Crippen molar-refractivity contribution in [3.8, 4) is 5.75 Å². The van der Waals surface area contributed by atoms with E-state index in [0.29, 0.717) is 10.8 Å². The maximum Gasteiger partial charge on any atom is 0.192 e. The van der Waals surface area contributed by atoms with E-state index in [4.69, 9.17) is 14.7 Å². The minimum atomic E-state index is -0.207. The number of Topliss-reactive ketones (excluding diaryl/α,β-unsaturated/α-hetero) is 1. The van der Waals surface area contributed by atoms with Gasteiger partial charge in [0.15, 0.2) is 34.5 Å². The van der Waals surface area contributed by atoms with Crippen LogP contribution in [0, 0.1) is 5.41 Å². The van der Waals surface area contributed by atoms with Crippen LogP contribution in [0.5, 0.6) is 5.75 Å². The highest BCUT2D eigenvalue weighted by molar-refractivity contribution is 14.1. The first-order valence-electron chi connectivity index (χ1n) is 6.57. The number of rotatable bonds is 1. The van der Waals surface area contributed by atoms with E-state index in [1.165, 1.54) is 0 Å². The van der Waals surface area contributed by atoms with Crippen LogP contribution in [0.15, 0.2) is 12.1 Å². The number of hydrogen-bond acceptors (Lipinski definition) is 2. The first-order chi connectivity index (χ1) is 8.89. The molecule has 0 N–H and O–H groups in total. The van der Waals surface area contributed by atoms with Crippen molar-refractivity contribution in [1.29, 1.82) is 0 Å². The van der Waals surface area contributed by atoms with Crippen LogP contribution in [-0.4, -0.2) is 5.78 Å². The Morgan fingerprint density at radius 3 is 2.32 bits per heavy atom. The fourth-order valence-corrected chi connectivity index (χ4v) is 4.17. The van der Waals surface area contributed by atoms with Crippen molar-refractivity contribution in [2.75, 3.05) is 0 Å². The molecular formula is C15H16ClIO2. The maximum atomic E-state index is 12.8. The summed E-state index contributed by atoms with van der Waals surface area (Å²) in [4.78, 5) is 12.8. The summed E-state index contributed by atoms with van der Waals surface area (Å²) in [6.07, 6.45) is 4.05.